The molecular weight excluding hydrogens is 348 g/mol. The highest BCUT2D eigenvalue weighted by Gasteiger charge is 2.42. The van der Waals surface area contributed by atoms with Crippen molar-refractivity contribution in [1.29, 1.82) is 0 Å². The number of rotatable bonds is 3. The van der Waals surface area contributed by atoms with E-state index in [2.05, 4.69) is 4.98 Å². The minimum absolute atomic E-state index is 0.230. The van der Waals surface area contributed by atoms with Crippen molar-refractivity contribution >= 4 is 39.3 Å². The summed E-state index contributed by atoms with van der Waals surface area (Å²) in [6.45, 7) is 1.97. The molecule has 6 nitrogen and oxygen atoms in total. The van der Waals surface area contributed by atoms with Crippen LogP contribution in [0.25, 0.3) is 10.2 Å². The van der Waals surface area contributed by atoms with Crippen LogP contribution in [0.3, 0.4) is 0 Å². The van der Waals surface area contributed by atoms with Gasteiger partial charge in [0.15, 0.2) is 10.9 Å². The van der Waals surface area contributed by atoms with E-state index in [9.17, 15) is 14.7 Å². The van der Waals surface area contributed by atoms with E-state index >= 15 is 0 Å². The maximum atomic E-state index is 13.1. The summed E-state index contributed by atoms with van der Waals surface area (Å²) in [5.74, 6) is -0.277. The summed E-state index contributed by atoms with van der Waals surface area (Å²) in [5, 5.41) is 12.0. The average Bonchev–Trinajstić information content (AvgIpc) is 3.06. The molecule has 0 fully saturated rings. The first kappa shape index (κ1) is 16.1. The van der Waals surface area contributed by atoms with Gasteiger partial charge in [-0.1, -0.05) is 11.8 Å². The number of aliphatic hydroxyl groups is 1. The van der Waals surface area contributed by atoms with E-state index < -0.39 is 11.7 Å². The van der Waals surface area contributed by atoms with Crippen molar-refractivity contribution in [2.75, 3.05) is 12.4 Å². The molecule has 0 unspecified atom stereocenters. The SMILES string of the molecule is CCOC(=O)C[C@]1(O)CSc2nc3sc4c(c3c(=O)n21)CCCC4. The Hall–Kier alpha value is -1.38. The van der Waals surface area contributed by atoms with Gasteiger partial charge in [0.25, 0.3) is 5.56 Å². The maximum Gasteiger partial charge on any atom is 0.310 e. The number of esters is 1. The number of carbonyl (C=O) groups is 1. The van der Waals surface area contributed by atoms with Crippen molar-refractivity contribution in [2.24, 2.45) is 0 Å². The van der Waals surface area contributed by atoms with Crippen LogP contribution in [0.5, 0.6) is 0 Å². The van der Waals surface area contributed by atoms with Gasteiger partial charge in [0, 0.05) is 4.88 Å². The predicted octanol–water partition coefficient (Wildman–Crippen LogP) is 2.04. The molecule has 2 aromatic heterocycles. The zero-order valence-electron chi connectivity index (χ0n) is 13.3. The monoisotopic (exact) mass is 366 g/mol. The Balaban J connectivity index is 1.86. The highest BCUT2D eigenvalue weighted by atomic mass is 32.2. The number of thiophene rings is 1. The zero-order chi connectivity index (χ0) is 16.9. The minimum atomic E-state index is -1.56. The second kappa shape index (κ2) is 5.86. The van der Waals surface area contributed by atoms with Crippen LogP contribution in [0.1, 0.15) is 36.6 Å². The van der Waals surface area contributed by atoms with Crippen LogP contribution in [0.4, 0.5) is 0 Å². The van der Waals surface area contributed by atoms with E-state index in [4.69, 9.17) is 4.74 Å². The molecular formula is C16H18N2O4S2. The van der Waals surface area contributed by atoms with Gasteiger partial charge in [-0.2, -0.15) is 0 Å². The summed E-state index contributed by atoms with van der Waals surface area (Å²) in [6.07, 6.45) is 3.85. The Morgan fingerprint density at radius 3 is 3.00 bits per heavy atom. The van der Waals surface area contributed by atoms with E-state index in [1.54, 1.807) is 18.3 Å². The molecule has 1 aliphatic heterocycles. The summed E-state index contributed by atoms with van der Waals surface area (Å²) in [7, 11) is 0. The van der Waals surface area contributed by atoms with E-state index in [1.807, 2.05) is 0 Å². The van der Waals surface area contributed by atoms with Gasteiger partial charge in [0.1, 0.15) is 4.83 Å². The van der Waals surface area contributed by atoms with Crippen LogP contribution >= 0.6 is 23.1 Å². The molecule has 0 bridgehead atoms. The van der Waals surface area contributed by atoms with Gasteiger partial charge in [-0.3, -0.25) is 14.2 Å². The van der Waals surface area contributed by atoms with Crippen LogP contribution in [0.2, 0.25) is 0 Å². The summed E-state index contributed by atoms with van der Waals surface area (Å²) in [6, 6.07) is 0. The molecule has 3 heterocycles. The molecule has 1 aliphatic carbocycles. The number of aryl methyl sites for hydroxylation is 2. The van der Waals surface area contributed by atoms with Crippen molar-refractivity contribution in [1.82, 2.24) is 9.55 Å². The molecule has 2 aromatic rings. The standard InChI is InChI=1S/C16H18N2O4S2/c1-2-22-11(19)7-16(21)8-23-15-17-13-12(14(20)18(15)16)9-5-3-4-6-10(9)24-13/h21H,2-8H2,1H3/t16-/m0/s1. The Morgan fingerprint density at radius 1 is 1.42 bits per heavy atom. The van der Waals surface area contributed by atoms with Gasteiger partial charge in [-0.05, 0) is 38.2 Å². The molecule has 0 saturated heterocycles. The number of aromatic nitrogens is 2. The van der Waals surface area contributed by atoms with Gasteiger partial charge in [0.05, 0.1) is 24.2 Å². The fourth-order valence-corrected chi connectivity index (χ4v) is 5.91. The first-order chi connectivity index (χ1) is 11.5. The molecule has 2 aliphatic rings. The molecule has 24 heavy (non-hydrogen) atoms. The highest BCUT2D eigenvalue weighted by Crippen LogP contribution is 2.40. The first-order valence-corrected chi connectivity index (χ1v) is 9.92. The van der Waals surface area contributed by atoms with Crippen LogP contribution < -0.4 is 5.56 Å². The lowest BCUT2D eigenvalue weighted by molar-refractivity contribution is -0.152. The third-order valence-electron chi connectivity index (χ3n) is 4.54. The number of hydrogen-bond donors (Lipinski definition) is 1. The summed E-state index contributed by atoms with van der Waals surface area (Å²) < 4.78 is 6.25. The average molecular weight is 366 g/mol. The van der Waals surface area contributed by atoms with Gasteiger partial charge < -0.3 is 9.84 Å². The third kappa shape index (κ3) is 2.39. The maximum absolute atomic E-state index is 13.1. The topological polar surface area (TPSA) is 81.4 Å². The summed E-state index contributed by atoms with van der Waals surface area (Å²) >= 11 is 2.90. The lowest BCUT2D eigenvalue weighted by Crippen LogP contribution is -2.42. The molecule has 4 rings (SSSR count). The summed E-state index contributed by atoms with van der Waals surface area (Å²) in [5.41, 5.74) is -0.704. The van der Waals surface area contributed by atoms with Gasteiger partial charge in [-0.15, -0.1) is 11.3 Å². The number of thioether (sulfide) groups is 1. The van der Waals surface area contributed by atoms with E-state index in [0.717, 1.165) is 36.1 Å². The molecule has 128 valence electrons. The van der Waals surface area contributed by atoms with Crippen molar-refractivity contribution < 1.29 is 14.6 Å². The Morgan fingerprint density at radius 2 is 2.21 bits per heavy atom. The molecule has 8 heteroatoms. The number of carbonyl (C=O) groups excluding carboxylic acids is 1. The Labute approximate surface area is 146 Å². The van der Waals surface area contributed by atoms with Crippen LogP contribution in [0.15, 0.2) is 9.95 Å². The minimum Gasteiger partial charge on any atom is -0.466 e. The third-order valence-corrected chi connectivity index (χ3v) is 6.86. The zero-order valence-corrected chi connectivity index (χ0v) is 15.0. The normalized spacial score (nSPS) is 22.4. The van der Waals surface area contributed by atoms with Crippen molar-refractivity contribution in [3.63, 3.8) is 0 Å². The Kier molecular flexibility index (Phi) is 3.93. The number of ether oxygens (including phenoxy) is 1. The van der Waals surface area contributed by atoms with Crippen LogP contribution in [-0.2, 0) is 28.1 Å². The molecule has 0 saturated carbocycles. The molecule has 0 amide bonds. The number of hydrogen-bond acceptors (Lipinski definition) is 7. The lowest BCUT2D eigenvalue weighted by Gasteiger charge is -2.23. The lowest BCUT2D eigenvalue weighted by atomic mass is 9.97. The van der Waals surface area contributed by atoms with Crippen molar-refractivity contribution in [3.05, 3.63) is 20.8 Å². The number of nitrogens with zero attached hydrogens (tertiary/aromatic N) is 2. The molecule has 1 atom stereocenters. The largest absolute Gasteiger partial charge is 0.466 e. The van der Waals surface area contributed by atoms with Crippen molar-refractivity contribution in [3.8, 4) is 0 Å². The summed E-state index contributed by atoms with van der Waals surface area (Å²) in [4.78, 5) is 31.6. The highest BCUT2D eigenvalue weighted by molar-refractivity contribution is 7.99. The van der Waals surface area contributed by atoms with Crippen LogP contribution in [-0.4, -0.2) is 33.0 Å². The predicted molar refractivity (Wildman–Crippen MR) is 92.7 cm³/mol. The second-order valence-electron chi connectivity index (χ2n) is 6.18. The van der Waals surface area contributed by atoms with E-state index in [1.165, 1.54) is 21.2 Å². The fourth-order valence-electron chi connectivity index (χ4n) is 3.47. The van der Waals surface area contributed by atoms with E-state index in [0.29, 0.717) is 10.5 Å². The van der Waals surface area contributed by atoms with E-state index in [-0.39, 0.29) is 24.3 Å². The molecule has 0 spiro atoms. The van der Waals surface area contributed by atoms with Gasteiger partial charge in [-0.25, -0.2) is 4.98 Å². The smallest absolute Gasteiger partial charge is 0.310 e. The number of fused-ring (bicyclic) bond motifs is 4. The molecule has 0 aromatic carbocycles. The first-order valence-electron chi connectivity index (χ1n) is 8.12. The fraction of sp³-hybridized carbons (Fsp3) is 0.562. The van der Waals surface area contributed by atoms with Crippen molar-refractivity contribution in [2.45, 2.75) is 49.9 Å². The molecule has 0 radical (unpaired) electrons. The van der Waals surface area contributed by atoms with Gasteiger partial charge in [0.2, 0.25) is 0 Å². The van der Waals surface area contributed by atoms with Gasteiger partial charge >= 0.3 is 5.97 Å². The molecule has 1 N–H and O–H groups in total. The Bertz CT molecular complexity index is 888. The van der Waals surface area contributed by atoms with Crippen LogP contribution in [0, 0.1) is 0 Å². The quantitative estimate of drug-likeness (QED) is 0.661. The second-order valence-corrected chi connectivity index (χ2v) is 8.21.